The number of benzene rings is 7. The molecular weight excluding hydrogens is 609 g/mol. The fourth-order valence-corrected chi connectivity index (χ4v) is 15.1. The van der Waals surface area contributed by atoms with Gasteiger partial charge in [-0.1, -0.05) is 135 Å². The Morgan fingerprint density at radius 3 is 1.82 bits per heavy atom. The van der Waals surface area contributed by atoms with Crippen LogP contribution in [0.3, 0.4) is 0 Å². The second kappa shape index (κ2) is 9.52. The van der Waals surface area contributed by atoms with E-state index in [1.165, 1.54) is 76.5 Å². The predicted octanol–water partition coefficient (Wildman–Crippen LogP) is 6.09. The highest BCUT2D eigenvalue weighted by atomic mass is 28.3. The average molecular weight is 642 g/mol. The zero-order chi connectivity index (χ0) is 32.5. The molecular formula is C45H32BNOSi. The lowest BCUT2D eigenvalue weighted by Crippen LogP contribution is -2.87. The van der Waals surface area contributed by atoms with Crippen LogP contribution in [0.4, 0.5) is 17.1 Å². The Balaban J connectivity index is 1.25. The lowest BCUT2D eigenvalue weighted by molar-refractivity contribution is 0.488. The number of rotatable bonds is 3. The molecule has 7 aromatic carbocycles. The maximum atomic E-state index is 6.94. The second-order valence-electron chi connectivity index (χ2n) is 14.4. The minimum absolute atomic E-state index is 0.0911. The number of nitrogens with zero attached hydrogens (tertiary/aromatic N) is 1. The molecule has 0 spiro atoms. The van der Waals surface area contributed by atoms with Crippen LogP contribution < -0.4 is 46.8 Å². The van der Waals surface area contributed by atoms with E-state index in [0.29, 0.717) is 0 Å². The number of anilines is 3. The smallest absolute Gasteiger partial charge is 0.256 e. The summed E-state index contributed by atoms with van der Waals surface area (Å²) in [4.78, 5) is 2.53. The molecule has 0 atom stereocenters. The molecule has 2 nitrogen and oxygen atoms in total. The molecule has 4 heteroatoms. The monoisotopic (exact) mass is 641 g/mol. The van der Waals surface area contributed by atoms with Crippen molar-refractivity contribution in [1.29, 1.82) is 0 Å². The first kappa shape index (κ1) is 27.4. The topological polar surface area (TPSA) is 12.5 Å². The Bertz CT molecular complexity index is 2490. The van der Waals surface area contributed by atoms with Crippen LogP contribution in [0.1, 0.15) is 25.0 Å². The van der Waals surface area contributed by atoms with E-state index in [1.54, 1.807) is 0 Å². The van der Waals surface area contributed by atoms with Crippen LogP contribution in [-0.4, -0.2) is 14.8 Å². The van der Waals surface area contributed by atoms with E-state index in [9.17, 15) is 0 Å². The minimum atomic E-state index is -2.78. The van der Waals surface area contributed by atoms with Crippen LogP contribution in [0.25, 0.3) is 11.1 Å². The van der Waals surface area contributed by atoms with E-state index in [1.807, 2.05) is 0 Å². The standard InChI is InChI=1S/C45H32BNOSi/c1-45(2)34-19-10-9-18-32(34)33-27-26-29(28-35(33)45)47-36-20-11-22-38-42(36)46-43-37(47)21-12-24-40(43)49(30-14-5-3-6-15-30,31-16-7-4-8-17-31)41-25-13-23-39(48-38)44(41)46/h3-28H,1-2H3. The average Bonchev–Trinajstić information content (AvgIpc) is 3.38. The molecule has 0 saturated carbocycles. The number of ether oxygens (including phenoxy) is 1. The highest BCUT2D eigenvalue weighted by Crippen LogP contribution is 2.51. The highest BCUT2D eigenvalue weighted by Gasteiger charge is 2.55. The molecule has 0 N–H and O–H groups in total. The first-order valence-electron chi connectivity index (χ1n) is 17.3. The Hall–Kier alpha value is -5.58. The molecule has 1 aliphatic carbocycles. The molecule has 49 heavy (non-hydrogen) atoms. The van der Waals surface area contributed by atoms with Gasteiger partial charge in [-0.2, -0.15) is 0 Å². The van der Waals surface area contributed by atoms with Crippen LogP contribution in [-0.2, 0) is 5.41 Å². The van der Waals surface area contributed by atoms with Gasteiger partial charge in [-0.3, -0.25) is 0 Å². The van der Waals surface area contributed by atoms with Gasteiger partial charge in [0.2, 0.25) is 0 Å². The Labute approximate surface area is 288 Å². The van der Waals surface area contributed by atoms with Crippen molar-refractivity contribution in [3.63, 3.8) is 0 Å². The molecule has 0 radical (unpaired) electrons. The van der Waals surface area contributed by atoms with Gasteiger partial charge in [-0.25, -0.2) is 0 Å². The van der Waals surface area contributed by atoms with E-state index >= 15 is 0 Å². The van der Waals surface area contributed by atoms with Gasteiger partial charge < -0.3 is 9.64 Å². The van der Waals surface area contributed by atoms with Gasteiger partial charge in [0.05, 0.1) is 0 Å². The van der Waals surface area contributed by atoms with E-state index in [0.717, 1.165) is 11.5 Å². The Morgan fingerprint density at radius 2 is 1.08 bits per heavy atom. The molecule has 0 bridgehead atoms. The van der Waals surface area contributed by atoms with E-state index in [4.69, 9.17) is 4.74 Å². The predicted molar refractivity (Wildman–Crippen MR) is 207 cm³/mol. The van der Waals surface area contributed by atoms with Crippen molar-refractivity contribution in [2.75, 3.05) is 4.90 Å². The third-order valence-corrected chi connectivity index (χ3v) is 16.7. The lowest BCUT2D eigenvalue weighted by atomic mass is 9.34. The zero-order valence-electron chi connectivity index (χ0n) is 27.4. The Kier molecular flexibility index (Phi) is 5.32. The van der Waals surface area contributed by atoms with Gasteiger partial charge in [0.1, 0.15) is 11.5 Å². The summed E-state index contributed by atoms with van der Waals surface area (Å²) in [5.74, 6) is 1.95. The van der Waals surface area contributed by atoms with Crippen molar-refractivity contribution in [3.8, 4) is 22.6 Å². The fourth-order valence-electron chi connectivity index (χ4n) is 9.84. The molecule has 0 amide bonds. The van der Waals surface area contributed by atoms with Crippen LogP contribution in [0.15, 0.2) is 158 Å². The maximum absolute atomic E-state index is 6.94. The largest absolute Gasteiger partial charge is 0.458 e. The molecule has 7 aromatic rings. The van der Waals surface area contributed by atoms with Gasteiger partial charge in [0, 0.05) is 22.5 Å². The molecule has 0 fully saturated rings. The van der Waals surface area contributed by atoms with Gasteiger partial charge in [-0.15, -0.1) is 0 Å². The lowest BCUT2D eigenvalue weighted by Gasteiger charge is -2.49. The van der Waals surface area contributed by atoms with Crippen molar-refractivity contribution in [2.45, 2.75) is 19.3 Å². The third-order valence-electron chi connectivity index (χ3n) is 11.8. The van der Waals surface area contributed by atoms with E-state index < -0.39 is 8.07 Å². The van der Waals surface area contributed by atoms with E-state index in [-0.39, 0.29) is 12.1 Å². The summed E-state index contributed by atoms with van der Waals surface area (Å²) in [5, 5.41) is 5.70. The molecule has 3 heterocycles. The second-order valence-corrected chi connectivity index (χ2v) is 18.1. The SMILES string of the molecule is CC1(C)c2ccccc2-c2ccc(N3c4cccc5c4B4c6c(cccc6[Si](c6ccccc6)(c6ccccc6)c6cccc3c64)O5)cc21. The van der Waals surface area contributed by atoms with Crippen LogP contribution in [0, 0.1) is 0 Å². The van der Waals surface area contributed by atoms with Crippen LogP contribution >= 0.6 is 0 Å². The van der Waals surface area contributed by atoms with Crippen molar-refractivity contribution in [1.82, 2.24) is 0 Å². The van der Waals surface area contributed by atoms with Crippen LogP contribution in [0.2, 0.25) is 0 Å². The summed E-state index contributed by atoms with van der Waals surface area (Å²) < 4.78 is 6.94. The third kappa shape index (κ3) is 3.32. The summed E-state index contributed by atoms with van der Waals surface area (Å²) in [6.45, 7) is 4.83. The van der Waals surface area contributed by atoms with Gasteiger partial charge in [0.25, 0.3) is 6.71 Å². The van der Waals surface area contributed by atoms with Gasteiger partial charge in [-0.05, 0) is 95.8 Å². The molecule has 230 valence electrons. The van der Waals surface area contributed by atoms with Crippen molar-refractivity contribution >= 4 is 69.0 Å². The molecule has 0 aromatic heterocycles. The van der Waals surface area contributed by atoms with Crippen molar-refractivity contribution < 1.29 is 4.74 Å². The molecule has 4 aliphatic rings. The van der Waals surface area contributed by atoms with E-state index in [2.05, 4.69) is 176 Å². The first-order valence-corrected chi connectivity index (χ1v) is 19.3. The summed E-state index contributed by atoms with van der Waals surface area (Å²) in [5.41, 5.74) is 13.1. The summed E-state index contributed by atoms with van der Waals surface area (Å²) in [6.07, 6.45) is 0. The quantitative estimate of drug-likeness (QED) is 0.217. The Morgan fingerprint density at radius 1 is 0.510 bits per heavy atom. The molecule has 0 unspecified atom stereocenters. The molecule has 0 saturated heterocycles. The normalized spacial score (nSPS) is 16.0. The number of fused-ring (bicyclic) bond motifs is 3. The highest BCUT2D eigenvalue weighted by molar-refractivity contribution is 7.27. The van der Waals surface area contributed by atoms with Crippen molar-refractivity contribution in [3.05, 3.63) is 169 Å². The van der Waals surface area contributed by atoms with Crippen LogP contribution in [0.5, 0.6) is 11.5 Å². The number of hydrogen-bond acceptors (Lipinski definition) is 2. The van der Waals surface area contributed by atoms with Gasteiger partial charge in [0.15, 0.2) is 8.07 Å². The summed E-state index contributed by atoms with van der Waals surface area (Å²) >= 11 is 0. The van der Waals surface area contributed by atoms with Crippen molar-refractivity contribution in [2.24, 2.45) is 0 Å². The zero-order valence-corrected chi connectivity index (χ0v) is 28.4. The fraction of sp³-hybridized carbons (Fsp3) is 0.0667. The number of hydrogen-bond donors (Lipinski definition) is 0. The summed E-state index contributed by atoms with van der Waals surface area (Å²) in [7, 11) is -2.78. The molecule has 11 rings (SSSR count). The first-order chi connectivity index (χ1) is 24.1. The van der Waals surface area contributed by atoms with Gasteiger partial charge >= 0.3 is 0 Å². The summed E-state index contributed by atoms with van der Waals surface area (Å²) in [6, 6.07) is 59.2. The maximum Gasteiger partial charge on any atom is 0.256 e. The molecule has 3 aliphatic heterocycles. The minimum Gasteiger partial charge on any atom is -0.458 e.